The molecule has 5 N–H and O–H groups in total. The number of carbonyl (C=O) groups excluding carboxylic acids is 2. The number of carboxylic acid groups (broad SMARTS) is 2. The minimum absolute atomic E-state index is 0.0943. The maximum atomic E-state index is 12.3. The van der Waals surface area contributed by atoms with Gasteiger partial charge in [0.05, 0.1) is 11.4 Å². The van der Waals surface area contributed by atoms with Crippen molar-refractivity contribution >= 4 is 47.7 Å². The Labute approximate surface area is 248 Å². The van der Waals surface area contributed by atoms with Gasteiger partial charge in [0, 0.05) is 51.6 Å². The number of aliphatic imine (C=N–C) groups is 1. The van der Waals surface area contributed by atoms with Crippen LogP contribution in [0.3, 0.4) is 0 Å². The second kappa shape index (κ2) is 12.3. The van der Waals surface area contributed by atoms with Crippen LogP contribution in [0.2, 0.25) is 0 Å². The summed E-state index contributed by atoms with van der Waals surface area (Å²) in [5.74, 6) is -2.46. The molecule has 0 saturated heterocycles. The quantitative estimate of drug-likeness (QED) is 0.273. The van der Waals surface area contributed by atoms with Crippen molar-refractivity contribution in [2.75, 3.05) is 0 Å². The number of amides is 2. The first-order valence-corrected chi connectivity index (χ1v) is 13.8. The van der Waals surface area contributed by atoms with Gasteiger partial charge in [-0.3, -0.25) is 19.2 Å². The summed E-state index contributed by atoms with van der Waals surface area (Å²) in [5.41, 5.74) is 7.97. The van der Waals surface area contributed by atoms with Crippen molar-refractivity contribution in [2.24, 2.45) is 4.99 Å². The van der Waals surface area contributed by atoms with Crippen molar-refractivity contribution in [3.05, 3.63) is 97.6 Å². The maximum Gasteiger partial charge on any atom is 0.303 e. The van der Waals surface area contributed by atoms with Gasteiger partial charge in [0.2, 0.25) is 0 Å². The molecule has 2 aliphatic heterocycles. The van der Waals surface area contributed by atoms with Crippen LogP contribution in [-0.2, 0) is 32.0 Å². The smallest absolute Gasteiger partial charge is 0.303 e. The van der Waals surface area contributed by atoms with Crippen molar-refractivity contribution < 1.29 is 29.4 Å². The molecule has 0 saturated carbocycles. The van der Waals surface area contributed by atoms with E-state index >= 15 is 0 Å². The lowest BCUT2D eigenvalue weighted by Gasteiger charge is -2.02. The lowest BCUT2D eigenvalue weighted by atomic mass is 10.0. The lowest BCUT2D eigenvalue weighted by Crippen LogP contribution is -2.15. The molecule has 0 unspecified atom stereocenters. The van der Waals surface area contributed by atoms with Crippen LogP contribution in [-0.4, -0.2) is 49.6 Å². The minimum atomic E-state index is -0.941. The lowest BCUT2D eigenvalue weighted by molar-refractivity contribution is -0.138. The standard InChI is InChI=1S/C33H34N4O6/c1-7-20-19(6)32(42)37-27(20)14-25-18(5)23(10-12-31(40)41)29(35-25)15-28-22(9-11-30(38)39)17(4)24(34-28)13-26-16(3)21(8-2)33(43)36-26/h7-8,13-15,34-35H,1-2,9-12H2,3-6H3,(H,37,42)(H,38,39)(H,40,41)/b24-13?,27-14-,28-15?. The molecule has 2 aromatic heterocycles. The molecule has 2 aromatic rings. The third kappa shape index (κ3) is 6.18. The summed E-state index contributed by atoms with van der Waals surface area (Å²) in [6, 6.07) is 0. The Hall–Kier alpha value is -5.25. The van der Waals surface area contributed by atoms with Gasteiger partial charge in [-0.1, -0.05) is 25.3 Å². The molecule has 0 aromatic carbocycles. The van der Waals surface area contributed by atoms with Crippen molar-refractivity contribution in [3.63, 3.8) is 0 Å². The van der Waals surface area contributed by atoms with Crippen LogP contribution in [0.5, 0.6) is 0 Å². The van der Waals surface area contributed by atoms with E-state index in [-0.39, 0.29) is 37.5 Å². The van der Waals surface area contributed by atoms with Crippen molar-refractivity contribution in [3.8, 4) is 0 Å². The van der Waals surface area contributed by atoms with Crippen LogP contribution in [0.1, 0.15) is 60.3 Å². The Kier molecular flexibility index (Phi) is 8.80. The number of carboxylic acids is 2. The van der Waals surface area contributed by atoms with Crippen LogP contribution in [0.25, 0.3) is 18.2 Å². The zero-order chi connectivity index (χ0) is 31.6. The molecule has 43 heavy (non-hydrogen) atoms. The number of nitrogens with one attached hydrogen (secondary N) is 3. The Morgan fingerprint density at radius 3 is 1.98 bits per heavy atom. The monoisotopic (exact) mass is 582 g/mol. The van der Waals surface area contributed by atoms with Crippen LogP contribution < -0.4 is 16.0 Å². The molecule has 0 aliphatic carbocycles. The molecule has 10 heteroatoms. The van der Waals surface area contributed by atoms with Gasteiger partial charge in [-0.25, -0.2) is 4.99 Å². The van der Waals surface area contributed by atoms with Crippen LogP contribution >= 0.6 is 0 Å². The van der Waals surface area contributed by atoms with Crippen molar-refractivity contribution in [1.82, 2.24) is 15.3 Å². The fourth-order valence-electron chi connectivity index (χ4n) is 5.34. The van der Waals surface area contributed by atoms with E-state index in [1.165, 1.54) is 6.08 Å². The number of hydrogen-bond acceptors (Lipinski definition) is 4. The second-order valence-electron chi connectivity index (χ2n) is 10.5. The third-order valence-electron chi connectivity index (χ3n) is 7.87. The molecule has 2 aliphatic rings. The predicted octanol–water partition coefficient (Wildman–Crippen LogP) is 3.06. The van der Waals surface area contributed by atoms with E-state index in [4.69, 9.17) is 0 Å². The molecule has 4 heterocycles. The molecule has 0 spiro atoms. The van der Waals surface area contributed by atoms with Gasteiger partial charge >= 0.3 is 11.9 Å². The first-order valence-electron chi connectivity index (χ1n) is 13.8. The van der Waals surface area contributed by atoms with E-state index < -0.39 is 11.9 Å². The van der Waals surface area contributed by atoms with Gasteiger partial charge in [0.1, 0.15) is 0 Å². The third-order valence-corrected chi connectivity index (χ3v) is 7.87. The highest BCUT2D eigenvalue weighted by Gasteiger charge is 2.23. The average molecular weight is 583 g/mol. The highest BCUT2D eigenvalue weighted by atomic mass is 16.4. The molecule has 0 bridgehead atoms. The molecule has 2 amide bonds. The van der Waals surface area contributed by atoms with Gasteiger partial charge in [-0.15, -0.1) is 0 Å². The van der Waals surface area contributed by atoms with E-state index in [1.54, 1.807) is 32.1 Å². The van der Waals surface area contributed by atoms with E-state index in [1.807, 2.05) is 19.9 Å². The Morgan fingerprint density at radius 1 is 0.767 bits per heavy atom. The van der Waals surface area contributed by atoms with Crippen molar-refractivity contribution in [1.29, 1.82) is 0 Å². The predicted molar refractivity (Wildman–Crippen MR) is 165 cm³/mol. The van der Waals surface area contributed by atoms with E-state index in [0.29, 0.717) is 55.8 Å². The Bertz CT molecular complexity index is 1860. The molecule has 0 radical (unpaired) electrons. The van der Waals surface area contributed by atoms with Crippen LogP contribution in [0.15, 0.2) is 58.3 Å². The molecule has 10 nitrogen and oxygen atoms in total. The summed E-state index contributed by atoms with van der Waals surface area (Å²) in [6.45, 7) is 14.8. The Morgan fingerprint density at radius 2 is 1.40 bits per heavy atom. The van der Waals surface area contributed by atoms with Gasteiger partial charge in [-0.05, 0) is 86.6 Å². The fraction of sp³-hybridized carbons (Fsp3) is 0.242. The molecule has 0 atom stereocenters. The van der Waals surface area contributed by atoms with E-state index in [9.17, 15) is 29.4 Å². The first kappa shape index (κ1) is 30.7. The van der Waals surface area contributed by atoms with Crippen LogP contribution in [0.4, 0.5) is 0 Å². The summed E-state index contributed by atoms with van der Waals surface area (Å²) < 4.78 is 0. The number of aromatic amines is 2. The summed E-state index contributed by atoms with van der Waals surface area (Å²) in [6.07, 6.45) is 8.80. The number of carbonyl (C=O) groups is 4. The Balaban J connectivity index is 1.92. The second-order valence-corrected chi connectivity index (χ2v) is 10.5. The molecular formula is C33H34N4O6. The van der Waals surface area contributed by atoms with E-state index in [2.05, 4.69) is 33.4 Å². The fourth-order valence-corrected chi connectivity index (χ4v) is 5.34. The molecule has 4 rings (SSSR count). The maximum absolute atomic E-state index is 12.3. The summed E-state index contributed by atoms with van der Waals surface area (Å²) in [5, 5.41) is 23.0. The SMILES string of the molecule is C=CC1=C(C)C(C=c2[nH]c(=Cc3[nH]c(/C=C4\NC(=O)C(C)=C4C=C)c(C)c3CCC(=O)O)c(CCC(=O)O)c2C)=NC1=O. The summed E-state index contributed by atoms with van der Waals surface area (Å²) >= 11 is 0. The normalized spacial score (nSPS) is 16.9. The topological polar surface area (TPSA) is 165 Å². The number of aromatic nitrogens is 2. The first-order chi connectivity index (χ1) is 20.4. The van der Waals surface area contributed by atoms with Crippen LogP contribution in [0, 0.1) is 13.8 Å². The number of rotatable bonds is 11. The number of hydrogen-bond donors (Lipinski definition) is 5. The number of H-pyrrole nitrogens is 2. The summed E-state index contributed by atoms with van der Waals surface area (Å²) in [7, 11) is 0. The molecule has 222 valence electrons. The van der Waals surface area contributed by atoms with Gasteiger partial charge in [-0.2, -0.15) is 0 Å². The average Bonchev–Trinajstić information content (AvgIpc) is 3.59. The molecule has 0 fully saturated rings. The highest BCUT2D eigenvalue weighted by Crippen LogP contribution is 2.27. The number of aliphatic carboxylic acids is 2. The molecular weight excluding hydrogens is 548 g/mol. The number of nitrogens with zero attached hydrogens (tertiary/aromatic N) is 1. The van der Waals surface area contributed by atoms with Gasteiger partial charge < -0.3 is 25.5 Å². The summed E-state index contributed by atoms with van der Waals surface area (Å²) in [4.78, 5) is 58.4. The van der Waals surface area contributed by atoms with Gasteiger partial charge in [0.25, 0.3) is 11.8 Å². The van der Waals surface area contributed by atoms with Gasteiger partial charge in [0.15, 0.2) is 0 Å². The zero-order valence-electron chi connectivity index (χ0n) is 24.6. The number of allylic oxidation sites excluding steroid dienone is 2. The zero-order valence-corrected chi connectivity index (χ0v) is 24.6. The highest BCUT2D eigenvalue weighted by molar-refractivity contribution is 6.31. The van der Waals surface area contributed by atoms with Crippen molar-refractivity contribution in [2.45, 2.75) is 53.4 Å². The minimum Gasteiger partial charge on any atom is -0.481 e. The largest absolute Gasteiger partial charge is 0.481 e. The van der Waals surface area contributed by atoms with E-state index in [0.717, 1.165) is 22.3 Å².